The maximum absolute atomic E-state index is 11.2. The fourth-order valence-electron chi connectivity index (χ4n) is 1.43. The first-order valence-electron chi connectivity index (χ1n) is 5.04. The SMILES string of the molecule is C=CCOC(=O)N[C@H]1C(=O)N[C@@H]1[C@H](C)C(=O)O. The van der Waals surface area contributed by atoms with E-state index in [1.807, 2.05) is 0 Å². The second kappa shape index (κ2) is 5.33. The van der Waals surface area contributed by atoms with Crippen LogP contribution in [0.15, 0.2) is 12.7 Å². The minimum Gasteiger partial charge on any atom is -0.481 e. The minimum atomic E-state index is -1.04. The van der Waals surface area contributed by atoms with Gasteiger partial charge in [-0.2, -0.15) is 0 Å². The third-order valence-corrected chi connectivity index (χ3v) is 2.48. The number of hydrogen-bond acceptors (Lipinski definition) is 4. The first-order chi connectivity index (χ1) is 7.97. The van der Waals surface area contributed by atoms with Crippen molar-refractivity contribution in [2.24, 2.45) is 5.92 Å². The zero-order valence-corrected chi connectivity index (χ0v) is 9.30. The Morgan fingerprint density at radius 1 is 1.71 bits per heavy atom. The molecule has 0 saturated carbocycles. The number of carboxylic acids is 1. The Balaban J connectivity index is 2.51. The second-order valence-electron chi connectivity index (χ2n) is 3.67. The van der Waals surface area contributed by atoms with Crippen LogP contribution in [0.3, 0.4) is 0 Å². The molecule has 94 valence electrons. The molecular weight excluding hydrogens is 228 g/mol. The smallest absolute Gasteiger partial charge is 0.408 e. The van der Waals surface area contributed by atoms with E-state index in [0.29, 0.717) is 0 Å². The van der Waals surface area contributed by atoms with Crippen LogP contribution in [0.25, 0.3) is 0 Å². The number of alkyl carbamates (subject to hydrolysis) is 1. The van der Waals surface area contributed by atoms with Crippen LogP contribution >= 0.6 is 0 Å². The number of carboxylic acid groups (broad SMARTS) is 1. The van der Waals surface area contributed by atoms with Crippen molar-refractivity contribution in [3.05, 3.63) is 12.7 Å². The molecule has 0 unspecified atom stereocenters. The second-order valence-corrected chi connectivity index (χ2v) is 3.67. The Morgan fingerprint density at radius 3 is 2.82 bits per heavy atom. The molecule has 1 aliphatic rings. The van der Waals surface area contributed by atoms with Crippen molar-refractivity contribution in [1.82, 2.24) is 10.6 Å². The lowest BCUT2D eigenvalue weighted by Gasteiger charge is -2.38. The topological polar surface area (TPSA) is 105 Å². The molecule has 0 aliphatic carbocycles. The molecule has 0 aromatic heterocycles. The van der Waals surface area contributed by atoms with E-state index in [-0.39, 0.29) is 6.61 Å². The van der Waals surface area contributed by atoms with Crippen LogP contribution in [0.4, 0.5) is 4.79 Å². The highest BCUT2D eigenvalue weighted by atomic mass is 16.5. The lowest BCUT2D eigenvalue weighted by atomic mass is 9.88. The van der Waals surface area contributed by atoms with E-state index in [9.17, 15) is 14.4 Å². The van der Waals surface area contributed by atoms with Gasteiger partial charge in [-0.25, -0.2) is 4.79 Å². The molecule has 3 N–H and O–H groups in total. The van der Waals surface area contributed by atoms with Gasteiger partial charge in [0.1, 0.15) is 12.6 Å². The number of aliphatic carboxylic acids is 1. The van der Waals surface area contributed by atoms with Crippen molar-refractivity contribution in [2.75, 3.05) is 6.61 Å². The summed E-state index contributed by atoms with van der Waals surface area (Å²) < 4.78 is 4.64. The molecule has 2 amide bonds. The average molecular weight is 242 g/mol. The van der Waals surface area contributed by atoms with E-state index >= 15 is 0 Å². The van der Waals surface area contributed by atoms with E-state index in [1.165, 1.54) is 13.0 Å². The molecule has 0 radical (unpaired) electrons. The van der Waals surface area contributed by atoms with Gasteiger partial charge in [-0.15, -0.1) is 0 Å². The van der Waals surface area contributed by atoms with E-state index in [4.69, 9.17) is 5.11 Å². The third kappa shape index (κ3) is 2.96. The summed E-state index contributed by atoms with van der Waals surface area (Å²) in [6.45, 7) is 4.85. The van der Waals surface area contributed by atoms with Crippen molar-refractivity contribution >= 4 is 18.0 Å². The number of carbonyl (C=O) groups excluding carboxylic acids is 2. The summed E-state index contributed by atoms with van der Waals surface area (Å²) in [5, 5.41) is 13.5. The van der Waals surface area contributed by atoms with E-state index in [2.05, 4.69) is 21.9 Å². The molecule has 1 rings (SSSR count). The Morgan fingerprint density at radius 2 is 2.35 bits per heavy atom. The summed E-state index contributed by atoms with van der Waals surface area (Å²) in [6.07, 6.45) is 0.616. The molecule has 17 heavy (non-hydrogen) atoms. The Labute approximate surface area is 97.8 Å². The molecule has 0 spiro atoms. The van der Waals surface area contributed by atoms with Crippen molar-refractivity contribution < 1.29 is 24.2 Å². The molecule has 7 nitrogen and oxygen atoms in total. The van der Waals surface area contributed by atoms with Crippen molar-refractivity contribution in [3.8, 4) is 0 Å². The first kappa shape index (κ1) is 13.0. The average Bonchev–Trinajstić information content (AvgIpc) is 2.29. The van der Waals surface area contributed by atoms with E-state index in [1.54, 1.807) is 0 Å². The highest BCUT2D eigenvalue weighted by molar-refractivity contribution is 5.93. The Bertz CT molecular complexity index is 355. The highest BCUT2D eigenvalue weighted by Crippen LogP contribution is 2.16. The highest BCUT2D eigenvalue weighted by Gasteiger charge is 2.45. The van der Waals surface area contributed by atoms with Gasteiger partial charge in [-0.1, -0.05) is 12.7 Å². The molecule has 1 saturated heterocycles. The van der Waals surface area contributed by atoms with Crippen LogP contribution in [0.1, 0.15) is 6.92 Å². The normalized spacial score (nSPS) is 23.9. The maximum Gasteiger partial charge on any atom is 0.408 e. The van der Waals surface area contributed by atoms with Gasteiger partial charge in [-0.05, 0) is 6.92 Å². The van der Waals surface area contributed by atoms with Gasteiger partial charge in [0, 0.05) is 0 Å². The molecular formula is C10H14N2O5. The zero-order chi connectivity index (χ0) is 13.0. The number of hydrogen-bond donors (Lipinski definition) is 3. The van der Waals surface area contributed by atoms with Gasteiger partial charge in [0.15, 0.2) is 0 Å². The third-order valence-electron chi connectivity index (χ3n) is 2.48. The van der Waals surface area contributed by atoms with Crippen LogP contribution in [0.2, 0.25) is 0 Å². The van der Waals surface area contributed by atoms with Crippen LogP contribution in [-0.2, 0) is 14.3 Å². The number of nitrogens with one attached hydrogen (secondary N) is 2. The van der Waals surface area contributed by atoms with E-state index in [0.717, 1.165) is 0 Å². The monoisotopic (exact) mass is 242 g/mol. The Kier molecular flexibility index (Phi) is 4.08. The molecule has 7 heteroatoms. The van der Waals surface area contributed by atoms with Gasteiger partial charge >= 0.3 is 12.1 Å². The summed E-state index contributed by atoms with van der Waals surface area (Å²) in [5.41, 5.74) is 0. The zero-order valence-electron chi connectivity index (χ0n) is 9.30. The van der Waals surface area contributed by atoms with Gasteiger partial charge in [0.2, 0.25) is 5.91 Å². The number of carbonyl (C=O) groups is 3. The van der Waals surface area contributed by atoms with Gasteiger partial charge < -0.3 is 20.5 Å². The van der Waals surface area contributed by atoms with Crippen LogP contribution in [0, 0.1) is 5.92 Å². The van der Waals surface area contributed by atoms with Crippen molar-refractivity contribution in [3.63, 3.8) is 0 Å². The summed E-state index contributed by atoms with van der Waals surface area (Å²) in [6, 6.07) is -1.48. The van der Waals surface area contributed by atoms with Crippen LogP contribution in [0.5, 0.6) is 0 Å². The molecule has 1 heterocycles. The standard InChI is InChI=1S/C10H14N2O5/c1-3-4-17-10(16)12-7-6(11-8(7)13)5(2)9(14)15/h3,5-7H,1,4H2,2H3,(H,11,13)(H,12,16)(H,14,15)/t5-,6+,7+/m0/s1. The lowest BCUT2D eigenvalue weighted by molar-refractivity contribution is -0.146. The van der Waals surface area contributed by atoms with Crippen molar-refractivity contribution in [1.29, 1.82) is 0 Å². The maximum atomic E-state index is 11.2. The molecule has 3 atom stereocenters. The summed E-state index contributed by atoms with van der Waals surface area (Å²) in [5.74, 6) is -2.24. The van der Waals surface area contributed by atoms with Gasteiger partial charge in [0.25, 0.3) is 0 Å². The van der Waals surface area contributed by atoms with E-state index < -0.39 is 36.0 Å². The van der Waals surface area contributed by atoms with Crippen LogP contribution in [-0.4, -0.2) is 41.8 Å². The quantitative estimate of drug-likeness (QED) is 0.444. The Hall–Kier alpha value is -2.05. The molecule has 1 aliphatic heterocycles. The fraction of sp³-hybridized carbons (Fsp3) is 0.500. The number of β-lactam (4-membered cyclic amide) rings is 1. The van der Waals surface area contributed by atoms with Crippen molar-refractivity contribution in [2.45, 2.75) is 19.0 Å². The summed E-state index contributed by atoms with van der Waals surface area (Å²) in [7, 11) is 0. The van der Waals surface area contributed by atoms with Gasteiger partial charge in [0.05, 0.1) is 12.0 Å². The predicted octanol–water partition coefficient (Wildman–Crippen LogP) is -0.514. The first-order valence-corrected chi connectivity index (χ1v) is 5.04. The summed E-state index contributed by atoms with van der Waals surface area (Å²) in [4.78, 5) is 33.1. The summed E-state index contributed by atoms with van der Waals surface area (Å²) >= 11 is 0. The van der Waals surface area contributed by atoms with Gasteiger partial charge in [-0.3, -0.25) is 9.59 Å². The molecule has 1 fully saturated rings. The fourth-order valence-corrected chi connectivity index (χ4v) is 1.43. The molecule has 0 bridgehead atoms. The molecule has 0 aromatic rings. The van der Waals surface area contributed by atoms with Crippen LogP contribution < -0.4 is 10.6 Å². The number of amides is 2. The largest absolute Gasteiger partial charge is 0.481 e. The number of rotatable bonds is 5. The number of ether oxygens (including phenoxy) is 1. The molecule has 0 aromatic carbocycles. The lowest BCUT2D eigenvalue weighted by Crippen LogP contribution is -2.71. The predicted molar refractivity (Wildman–Crippen MR) is 57.2 cm³/mol. The minimum absolute atomic E-state index is 0.0271.